The first-order valence-corrected chi connectivity index (χ1v) is 9.58. The third-order valence-electron chi connectivity index (χ3n) is 3.36. The zero-order chi connectivity index (χ0) is 17.6. The summed E-state index contributed by atoms with van der Waals surface area (Å²) in [6, 6.07) is 9.91. The molecule has 0 aliphatic carbocycles. The van der Waals surface area contributed by atoms with E-state index in [-0.39, 0.29) is 23.9 Å². The fraction of sp³-hybridized carbons (Fsp3) is 0.250. The molecule has 0 fully saturated rings. The smallest absolute Gasteiger partial charge is 0.243 e. The van der Waals surface area contributed by atoms with Gasteiger partial charge in [-0.25, -0.2) is 8.42 Å². The van der Waals surface area contributed by atoms with Crippen molar-refractivity contribution in [3.63, 3.8) is 0 Å². The number of sulfonamides is 1. The molecule has 1 N–H and O–H groups in total. The SMILES string of the molecule is CCN(CC(=O)NCc1ccncc1)S(=O)(=O)c1ccc(Br)cc1. The van der Waals surface area contributed by atoms with E-state index in [1.807, 2.05) is 0 Å². The van der Waals surface area contributed by atoms with Crippen LogP contribution in [0.3, 0.4) is 0 Å². The second kappa shape index (κ2) is 8.36. The van der Waals surface area contributed by atoms with Crippen LogP contribution in [0.25, 0.3) is 0 Å². The van der Waals surface area contributed by atoms with E-state index in [1.165, 1.54) is 12.1 Å². The lowest BCUT2D eigenvalue weighted by atomic mass is 10.3. The summed E-state index contributed by atoms with van der Waals surface area (Å²) in [5.74, 6) is -0.352. The van der Waals surface area contributed by atoms with Gasteiger partial charge in [-0.2, -0.15) is 4.31 Å². The van der Waals surface area contributed by atoms with Gasteiger partial charge in [-0.1, -0.05) is 22.9 Å². The van der Waals surface area contributed by atoms with Crippen molar-refractivity contribution in [2.45, 2.75) is 18.4 Å². The van der Waals surface area contributed by atoms with Gasteiger partial charge in [-0.15, -0.1) is 0 Å². The van der Waals surface area contributed by atoms with Crippen LogP contribution in [0, 0.1) is 0 Å². The Morgan fingerprint density at radius 3 is 2.38 bits per heavy atom. The molecular formula is C16H18BrN3O3S. The molecular weight excluding hydrogens is 394 g/mol. The molecule has 8 heteroatoms. The molecule has 0 saturated heterocycles. The minimum atomic E-state index is -3.70. The summed E-state index contributed by atoms with van der Waals surface area (Å²) >= 11 is 3.27. The van der Waals surface area contributed by atoms with Crippen LogP contribution in [0.4, 0.5) is 0 Å². The van der Waals surface area contributed by atoms with Gasteiger partial charge in [0.15, 0.2) is 0 Å². The van der Waals surface area contributed by atoms with Crippen LogP contribution < -0.4 is 5.32 Å². The first kappa shape index (κ1) is 18.6. The number of rotatable bonds is 7. The molecule has 0 radical (unpaired) electrons. The van der Waals surface area contributed by atoms with E-state index in [0.717, 1.165) is 14.3 Å². The molecule has 0 aliphatic rings. The molecule has 1 aromatic carbocycles. The Labute approximate surface area is 150 Å². The van der Waals surface area contributed by atoms with Crippen molar-refractivity contribution < 1.29 is 13.2 Å². The van der Waals surface area contributed by atoms with Crippen LogP contribution in [-0.4, -0.2) is 36.7 Å². The Morgan fingerprint density at radius 2 is 1.79 bits per heavy atom. The van der Waals surface area contributed by atoms with E-state index >= 15 is 0 Å². The highest BCUT2D eigenvalue weighted by Crippen LogP contribution is 2.18. The number of pyridine rings is 1. The average Bonchev–Trinajstić information content (AvgIpc) is 2.59. The Kier molecular flexibility index (Phi) is 6.47. The number of aromatic nitrogens is 1. The molecule has 0 atom stereocenters. The van der Waals surface area contributed by atoms with Crippen molar-refractivity contribution in [3.05, 3.63) is 58.8 Å². The molecule has 0 bridgehead atoms. The predicted molar refractivity (Wildman–Crippen MR) is 94.7 cm³/mol. The summed E-state index contributed by atoms with van der Waals surface area (Å²) in [5.41, 5.74) is 0.900. The summed E-state index contributed by atoms with van der Waals surface area (Å²) in [6.45, 7) is 2.02. The van der Waals surface area contributed by atoms with Gasteiger partial charge < -0.3 is 5.32 Å². The standard InChI is InChI=1S/C16H18BrN3O3S/c1-2-20(24(22,23)15-5-3-14(17)4-6-15)12-16(21)19-11-13-7-9-18-10-8-13/h3-10H,2,11-12H2,1H3,(H,19,21). The maximum absolute atomic E-state index is 12.6. The van der Waals surface area contributed by atoms with E-state index in [0.29, 0.717) is 6.54 Å². The fourth-order valence-corrected chi connectivity index (χ4v) is 3.71. The van der Waals surface area contributed by atoms with Crippen molar-refractivity contribution in [2.75, 3.05) is 13.1 Å². The zero-order valence-corrected chi connectivity index (χ0v) is 15.5. The van der Waals surface area contributed by atoms with Crippen LogP contribution in [0.15, 0.2) is 58.2 Å². The fourth-order valence-electron chi connectivity index (χ4n) is 2.04. The van der Waals surface area contributed by atoms with Gasteiger partial charge in [-0.05, 0) is 42.0 Å². The van der Waals surface area contributed by atoms with Crippen molar-refractivity contribution >= 4 is 31.9 Å². The topological polar surface area (TPSA) is 79.4 Å². The number of nitrogens with zero attached hydrogens (tertiary/aromatic N) is 2. The Bertz CT molecular complexity index is 780. The lowest BCUT2D eigenvalue weighted by molar-refractivity contribution is -0.121. The van der Waals surface area contributed by atoms with E-state index < -0.39 is 10.0 Å². The van der Waals surface area contributed by atoms with E-state index in [1.54, 1.807) is 43.6 Å². The molecule has 2 rings (SSSR count). The highest BCUT2D eigenvalue weighted by molar-refractivity contribution is 9.10. The van der Waals surface area contributed by atoms with Crippen LogP contribution in [0.1, 0.15) is 12.5 Å². The second-order valence-electron chi connectivity index (χ2n) is 5.02. The summed E-state index contributed by atoms with van der Waals surface area (Å²) in [4.78, 5) is 16.1. The number of benzene rings is 1. The Balaban J connectivity index is 2.02. The van der Waals surface area contributed by atoms with Gasteiger partial charge >= 0.3 is 0 Å². The summed E-state index contributed by atoms with van der Waals surface area (Å²) in [7, 11) is -3.70. The number of carbonyl (C=O) groups excluding carboxylic acids is 1. The largest absolute Gasteiger partial charge is 0.351 e. The Morgan fingerprint density at radius 1 is 1.17 bits per heavy atom. The predicted octanol–water partition coefficient (Wildman–Crippen LogP) is 2.17. The molecule has 1 amide bonds. The minimum Gasteiger partial charge on any atom is -0.351 e. The van der Waals surface area contributed by atoms with E-state index in [4.69, 9.17) is 0 Å². The van der Waals surface area contributed by atoms with Gasteiger partial charge in [0.2, 0.25) is 15.9 Å². The van der Waals surface area contributed by atoms with Gasteiger partial charge in [0.25, 0.3) is 0 Å². The first-order chi connectivity index (χ1) is 11.4. The minimum absolute atomic E-state index is 0.162. The molecule has 0 spiro atoms. The van der Waals surface area contributed by atoms with Gasteiger partial charge in [-0.3, -0.25) is 9.78 Å². The quantitative estimate of drug-likeness (QED) is 0.756. The number of hydrogen-bond donors (Lipinski definition) is 1. The molecule has 0 unspecified atom stereocenters. The number of likely N-dealkylation sites (N-methyl/N-ethyl adjacent to an activating group) is 1. The molecule has 0 saturated carbocycles. The number of nitrogens with one attached hydrogen (secondary N) is 1. The molecule has 1 aromatic heterocycles. The lowest BCUT2D eigenvalue weighted by Crippen LogP contribution is -2.40. The summed E-state index contributed by atoms with van der Waals surface area (Å²) in [6.07, 6.45) is 3.27. The van der Waals surface area contributed by atoms with Crippen molar-refractivity contribution in [3.8, 4) is 0 Å². The third kappa shape index (κ3) is 4.86. The number of carbonyl (C=O) groups is 1. The zero-order valence-electron chi connectivity index (χ0n) is 13.1. The molecule has 2 aromatic rings. The molecule has 24 heavy (non-hydrogen) atoms. The molecule has 128 valence electrons. The maximum Gasteiger partial charge on any atom is 0.243 e. The summed E-state index contributed by atoms with van der Waals surface area (Å²) in [5, 5.41) is 2.72. The monoisotopic (exact) mass is 411 g/mol. The molecule has 0 aliphatic heterocycles. The van der Waals surface area contributed by atoms with E-state index in [9.17, 15) is 13.2 Å². The Hall–Kier alpha value is -1.77. The average molecular weight is 412 g/mol. The van der Waals surface area contributed by atoms with Crippen LogP contribution >= 0.6 is 15.9 Å². The molecule has 1 heterocycles. The number of amides is 1. The van der Waals surface area contributed by atoms with Crippen molar-refractivity contribution in [1.29, 1.82) is 0 Å². The lowest BCUT2D eigenvalue weighted by Gasteiger charge is -2.20. The highest BCUT2D eigenvalue weighted by atomic mass is 79.9. The first-order valence-electron chi connectivity index (χ1n) is 7.35. The van der Waals surface area contributed by atoms with Crippen LogP contribution in [-0.2, 0) is 21.4 Å². The number of halogens is 1. The number of hydrogen-bond acceptors (Lipinski definition) is 4. The van der Waals surface area contributed by atoms with Gasteiger partial charge in [0, 0.05) is 30.0 Å². The van der Waals surface area contributed by atoms with Crippen LogP contribution in [0.5, 0.6) is 0 Å². The summed E-state index contributed by atoms with van der Waals surface area (Å²) < 4.78 is 27.2. The normalized spacial score (nSPS) is 11.5. The third-order valence-corrected chi connectivity index (χ3v) is 5.83. The maximum atomic E-state index is 12.6. The van der Waals surface area contributed by atoms with Crippen LogP contribution in [0.2, 0.25) is 0 Å². The van der Waals surface area contributed by atoms with Gasteiger partial charge in [0.05, 0.1) is 11.4 Å². The molecule has 6 nitrogen and oxygen atoms in total. The van der Waals surface area contributed by atoms with Crippen molar-refractivity contribution in [1.82, 2.24) is 14.6 Å². The van der Waals surface area contributed by atoms with E-state index in [2.05, 4.69) is 26.2 Å². The second-order valence-corrected chi connectivity index (χ2v) is 7.87. The van der Waals surface area contributed by atoms with Crippen molar-refractivity contribution in [2.24, 2.45) is 0 Å². The van der Waals surface area contributed by atoms with Gasteiger partial charge in [0.1, 0.15) is 0 Å². The highest BCUT2D eigenvalue weighted by Gasteiger charge is 2.25.